The van der Waals surface area contributed by atoms with Crippen molar-refractivity contribution >= 4 is 11.6 Å². The highest BCUT2D eigenvalue weighted by Crippen LogP contribution is 2.40. The third kappa shape index (κ3) is 2.60. The summed E-state index contributed by atoms with van der Waals surface area (Å²) in [4.78, 5) is 11.6. The van der Waals surface area contributed by atoms with Gasteiger partial charge in [0.1, 0.15) is 0 Å². The minimum atomic E-state index is -4.45. The Kier molecular flexibility index (Phi) is 2.85. The highest BCUT2D eigenvalue weighted by atomic mass is 19.4. The van der Waals surface area contributed by atoms with Crippen LogP contribution in [0.25, 0.3) is 0 Å². The smallest absolute Gasteiger partial charge is 0.325 e. The number of para-hydroxylation sites is 1. The van der Waals surface area contributed by atoms with Crippen LogP contribution in [0.2, 0.25) is 0 Å². The second kappa shape index (κ2) is 4.05. The Morgan fingerprint density at radius 3 is 2.47 bits per heavy atom. The summed E-state index contributed by atoms with van der Waals surface area (Å²) in [5.41, 5.74) is -0.967. The summed E-state index contributed by atoms with van der Waals surface area (Å²) in [6.45, 7) is 1.90. The molecule has 5 heteroatoms. The molecule has 0 spiro atoms. The SMILES string of the molecule is C[C@H]1C[C@H]1C(=O)Nc1ccccc1C(F)(F)F. The second-order valence-corrected chi connectivity index (χ2v) is 4.35. The zero-order valence-corrected chi connectivity index (χ0v) is 9.21. The van der Waals surface area contributed by atoms with Gasteiger partial charge in [-0.2, -0.15) is 13.2 Å². The van der Waals surface area contributed by atoms with E-state index in [4.69, 9.17) is 0 Å². The van der Waals surface area contributed by atoms with Crippen molar-refractivity contribution in [3.63, 3.8) is 0 Å². The van der Waals surface area contributed by atoms with Crippen LogP contribution in [0.5, 0.6) is 0 Å². The number of carbonyl (C=O) groups excluding carboxylic acids is 1. The molecule has 1 aliphatic carbocycles. The van der Waals surface area contributed by atoms with Crippen molar-refractivity contribution in [2.75, 3.05) is 5.32 Å². The van der Waals surface area contributed by atoms with Crippen LogP contribution in [-0.4, -0.2) is 5.91 Å². The summed E-state index contributed by atoms with van der Waals surface area (Å²) < 4.78 is 37.9. The highest BCUT2D eigenvalue weighted by molar-refractivity contribution is 5.95. The van der Waals surface area contributed by atoms with E-state index in [9.17, 15) is 18.0 Å². The first kappa shape index (κ1) is 12.0. The van der Waals surface area contributed by atoms with Crippen molar-refractivity contribution in [1.82, 2.24) is 0 Å². The Morgan fingerprint density at radius 1 is 1.35 bits per heavy atom. The van der Waals surface area contributed by atoms with Crippen molar-refractivity contribution in [1.29, 1.82) is 0 Å². The molecular formula is C12H12F3NO. The molecule has 2 atom stereocenters. The number of rotatable bonds is 2. The van der Waals surface area contributed by atoms with E-state index in [0.717, 1.165) is 12.5 Å². The fraction of sp³-hybridized carbons (Fsp3) is 0.417. The largest absolute Gasteiger partial charge is 0.418 e. The number of carbonyl (C=O) groups is 1. The molecule has 0 saturated heterocycles. The van der Waals surface area contributed by atoms with Gasteiger partial charge in [-0.25, -0.2) is 0 Å². The lowest BCUT2D eigenvalue weighted by Crippen LogP contribution is -2.18. The maximum Gasteiger partial charge on any atom is 0.418 e. The standard InChI is InChI=1S/C12H12F3NO/c1-7-6-8(7)11(17)16-10-5-3-2-4-9(10)12(13,14)15/h2-5,7-8H,6H2,1H3,(H,16,17)/t7-,8+/m0/s1. The van der Waals surface area contributed by atoms with Crippen LogP contribution in [0.4, 0.5) is 18.9 Å². The monoisotopic (exact) mass is 243 g/mol. The van der Waals surface area contributed by atoms with Gasteiger partial charge >= 0.3 is 6.18 Å². The van der Waals surface area contributed by atoms with Gasteiger partial charge in [0.15, 0.2) is 0 Å². The highest BCUT2D eigenvalue weighted by Gasteiger charge is 2.40. The number of anilines is 1. The van der Waals surface area contributed by atoms with E-state index in [0.29, 0.717) is 0 Å². The van der Waals surface area contributed by atoms with E-state index < -0.39 is 11.7 Å². The maximum atomic E-state index is 12.6. The normalized spacial score (nSPS) is 23.3. The summed E-state index contributed by atoms with van der Waals surface area (Å²) in [6.07, 6.45) is -3.70. The van der Waals surface area contributed by atoms with Crippen molar-refractivity contribution in [2.45, 2.75) is 19.5 Å². The number of nitrogens with one attached hydrogen (secondary N) is 1. The van der Waals surface area contributed by atoms with Crippen LogP contribution in [-0.2, 0) is 11.0 Å². The van der Waals surface area contributed by atoms with Crippen LogP contribution >= 0.6 is 0 Å². The number of alkyl halides is 3. The summed E-state index contributed by atoms with van der Waals surface area (Å²) in [5.74, 6) is -0.196. The van der Waals surface area contributed by atoms with Gasteiger partial charge in [0, 0.05) is 5.92 Å². The number of hydrogen-bond acceptors (Lipinski definition) is 1. The van der Waals surface area contributed by atoms with E-state index in [1.807, 2.05) is 6.92 Å². The Labute approximate surface area is 96.8 Å². The minimum Gasteiger partial charge on any atom is -0.325 e. The van der Waals surface area contributed by atoms with E-state index >= 15 is 0 Å². The molecule has 92 valence electrons. The van der Waals surface area contributed by atoms with Gasteiger partial charge in [-0.15, -0.1) is 0 Å². The van der Waals surface area contributed by atoms with Crippen LogP contribution in [0.15, 0.2) is 24.3 Å². The molecule has 0 aliphatic heterocycles. The average Bonchev–Trinajstić information content (AvgIpc) is 2.95. The molecule has 2 nitrogen and oxygen atoms in total. The quantitative estimate of drug-likeness (QED) is 0.848. The summed E-state index contributed by atoms with van der Waals surface area (Å²) >= 11 is 0. The van der Waals surface area contributed by atoms with Crippen LogP contribution < -0.4 is 5.32 Å². The van der Waals surface area contributed by atoms with Crippen molar-refractivity contribution in [3.05, 3.63) is 29.8 Å². The molecule has 1 aromatic carbocycles. The minimum absolute atomic E-state index is 0.142. The molecule has 2 rings (SSSR count). The first-order valence-electron chi connectivity index (χ1n) is 5.36. The zero-order valence-electron chi connectivity index (χ0n) is 9.21. The van der Waals surface area contributed by atoms with Crippen molar-refractivity contribution in [2.24, 2.45) is 11.8 Å². The molecule has 1 fully saturated rings. The van der Waals surface area contributed by atoms with Crippen molar-refractivity contribution < 1.29 is 18.0 Å². The van der Waals surface area contributed by atoms with Gasteiger partial charge in [0.2, 0.25) is 5.91 Å². The van der Waals surface area contributed by atoms with Gasteiger partial charge in [-0.05, 0) is 24.5 Å². The average molecular weight is 243 g/mol. The Bertz CT molecular complexity index is 442. The molecule has 0 aromatic heterocycles. The topological polar surface area (TPSA) is 29.1 Å². The van der Waals surface area contributed by atoms with Crippen LogP contribution in [0.1, 0.15) is 18.9 Å². The van der Waals surface area contributed by atoms with Gasteiger partial charge in [-0.3, -0.25) is 4.79 Å². The summed E-state index contributed by atoms with van der Waals surface area (Å²) in [6, 6.07) is 5.01. The molecule has 1 saturated carbocycles. The van der Waals surface area contributed by atoms with Crippen molar-refractivity contribution in [3.8, 4) is 0 Å². The zero-order chi connectivity index (χ0) is 12.6. The molecule has 17 heavy (non-hydrogen) atoms. The van der Waals surface area contributed by atoms with Crippen LogP contribution in [0, 0.1) is 11.8 Å². The molecule has 1 amide bonds. The molecule has 1 aromatic rings. The Balaban J connectivity index is 2.18. The third-order valence-electron chi connectivity index (χ3n) is 2.94. The first-order chi connectivity index (χ1) is 7.89. The summed E-state index contributed by atoms with van der Waals surface area (Å²) in [7, 11) is 0. The fourth-order valence-electron chi connectivity index (χ4n) is 1.75. The van der Waals surface area contributed by atoms with Gasteiger partial charge < -0.3 is 5.32 Å². The molecular weight excluding hydrogens is 231 g/mol. The molecule has 1 N–H and O–H groups in total. The van der Waals surface area contributed by atoms with Crippen LogP contribution in [0.3, 0.4) is 0 Å². The predicted molar refractivity (Wildman–Crippen MR) is 57.3 cm³/mol. The lowest BCUT2D eigenvalue weighted by molar-refractivity contribution is -0.137. The van der Waals surface area contributed by atoms with Gasteiger partial charge in [0.05, 0.1) is 11.3 Å². The Morgan fingerprint density at radius 2 is 1.94 bits per heavy atom. The number of benzene rings is 1. The maximum absolute atomic E-state index is 12.6. The lowest BCUT2D eigenvalue weighted by atomic mass is 10.1. The molecule has 0 radical (unpaired) electrons. The first-order valence-corrected chi connectivity index (χ1v) is 5.36. The number of hydrogen-bond donors (Lipinski definition) is 1. The van der Waals surface area contributed by atoms with Gasteiger partial charge in [0.25, 0.3) is 0 Å². The van der Waals surface area contributed by atoms with Gasteiger partial charge in [-0.1, -0.05) is 19.1 Å². The van der Waals surface area contributed by atoms with E-state index in [1.165, 1.54) is 18.2 Å². The lowest BCUT2D eigenvalue weighted by Gasteiger charge is -2.13. The van der Waals surface area contributed by atoms with E-state index in [2.05, 4.69) is 5.32 Å². The predicted octanol–water partition coefficient (Wildman–Crippen LogP) is 3.30. The van der Waals surface area contributed by atoms with E-state index in [1.54, 1.807) is 0 Å². The molecule has 0 heterocycles. The second-order valence-electron chi connectivity index (χ2n) is 4.35. The fourth-order valence-corrected chi connectivity index (χ4v) is 1.75. The molecule has 0 unspecified atom stereocenters. The van der Waals surface area contributed by atoms with E-state index in [-0.39, 0.29) is 23.4 Å². The molecule has 0 bridgehead atoms. The number of halogens is 3. The number of amides is 1. The summed E-state index contributed by atoms with van der Waals surface area (Å²) in [5, 5.41) is 2.35. The Hall–Kier alpha value is -1.52. The molecule has 1 aliphatic rings. The third-order valence-corrected chi connectivity index (χ3v) is 2.94.